The average Bonchev–Trinajstić information content (AvgIpc) is 3.04. The minimum Gasteiger partial charge on any atom is -0.362 e. The van der Waals surface area contributed by atoms with E-state index in [1.54, 1.807) is 6.20 Å². The second kappa shape index (κ2) is 4.53. The van der Waals surface area contributed by atoms with Gasteiger partial charge in [0.2, 0.25) is 5.95 Å². The third kappa shape index (κ3) is 2.18. The molecule has 3 aromatic rings. The Morgan fingerprint density at radius 2 is 2.32 bits per heavy atom. The van der Waals surface area contributed by atoms with Crippen molar-refractivity contribution in [1.29, 1.82) is 0 Å². The summed E-state index contributed by atoms with van der Waals surface area (Å²) < 4.78 is 5.12. The lowest BCUT2D eigenvalue weighted by Gasteiger charge is -2.06. The van der Waals surface area contributed by atoms with Crippen LogP contribution in [0.1, 0.15) is 11.5 Å². The maximum Gasteiger partial charge on any atom is 0.241 e. The molecule has 0 aliphatic carbocycles. The van der Waals surface area contributed by atoms with Crippen LogP contribution in [0.15, 0.2) is 16.8 Å². The second-order valence-electron chi connectivity index (χ2n) is 3.96. The molecule has 0 saturated heterocycles. The zero-order valence-electron chi connectivity index (χ0n) is 10.1. The van der Waals surface area contributed by atoms with Crippen LogP contribution in [0.3, 0.4) is 0 Å². The van der Waals surface area contributed by atoms with E-state index in [1.165, 1.54) is 0 Å². The number of nitrogen functional groups attached to an aromatic ring is 1. The molecule has 5 N–H and O–H groups in total. The molecule has 3 rings (SSSR count). The number of aromatic amines is 1. The van der Waals surface area contributed by atoms with Gasteiger partial charge in [-0.2, -0.15) is 15.1 Å². The van der Waals surface area contributed by atoms with Gasteiger partial charge in [0.15, 0.2) is 11.4 Å². The number of rotatable bonds is 4. The number of aromatic nitrogens is 5. The molecule has 0 atom stereocenters. The number of nitrogens with two attached hydrogens (primary N) is 1. The number of aryl methyl sites for hydroxylation is 1. The van der Waals surface area contributed by atoms with Crippen LogP contribution in [0, 0.1) is 6.92 Å². The zero-order chi connectivity index (χ0) is 13.2. The van der Waals surface area contributed by atoms with Gasteiger partial charge in [0.05, 0.1) is 23.8 Å². The highest BCUT2D eigenvalue weighted by atomic mass is 16.5. The van der Waals surface area contributed by atoms with Gasteiger partial charge in [-0.1, -0.05) is 5.16 Å². The van der Waals surface area contributed by atoms with Crippen LogP contribution in [0.2, 0.25) is 0 Å². The van der Waals surface area contributed by atoms with Crippen LogP contribution in [0.25, 0.3) is 11.0 Å². The average molecular weight is 260 g/mol. The number of anilines is 2. The SMILES string of the molecule is Cc1cc(CNc2nc(NN)nc3[nH]ncc23)on1. The molecular formula is C10H12N8O. The lowest BCUT2D eigenvalue weighted by atomic mass is 10.3. The van der Waals surface area contributed by atoms with Gasteiger partial charge in [-0.05, 0) is 6.92 Å². The van der Waals surface area contributed by atoms with E-state index >= 15 is 0 Å². The fourth-order valence-electron chi connectivity index (χ4n) is 1.70. The lowest BCUT2D eigenvalue weighted by molar-refractivity contribution is 0.384. The van der Waals surface area contributed by atoms with Crippen molar-refractivity contribution < 1.29 is 4.52 Å². The minimum atomic E-state index is 0.299. The number of fused-ring (bicyclic) bond motifs is 1. The molecule has 0 aliphatic heterocycles. The molecule has 98 valence electrons. The summed E-state index contributed by atoms with van der Waals surface area (Å²) in [5, 5.41) is 14.4. The third-order valence-corrected chi connectivity index (χ3v) is 2.55. The lowest BCUT2D eigenvalue weighted by Crippen LogP contribution is -2.12. The Morgan fingerprint density at radius 1 is 1.42 bits per heavy atom. The van der Waals surface area contributed by atoms with Crippen LogP contribution in [-0.4, -0.2) is 25.3 Å². The van der Waals surface area contributed by atoms with E-state index in [1.807, 2.05) is 13.0 Å². The van der Waals surface area contributed by atoms with E-state index in [-0.39, 0.29) is 0 Å². The highest BCUT2D eigenvalue weighted by Gasteiger charge is 2.09. The first-order valence-electron chi connectivity index (χ1n) is 5.60. The van der Waals surface area contributed by atoms with Crippen molar-refractivity contribution in [2.75, 3.05) is 10.7 Å². The van der Waals surface area contributed by atoms with Gasteiger partial charge in [-0.15, -0.1) is 0 Å². The van der Waals surface area contributed by atoms with Crippen LogP contribution >= 0.6 is 0 Å². The van der Waals surface area contributed by atoms with E-state index in [9.17, 15) is 0 Å². The molecule has 0 spiro atoms. The van der Waals surface area contributed by atoms with Gasteiger partial charge in [-0.25, -0.2) is 5.84 Å². The molecule has 0 amide bonds. The normalized spacial score (nSPS) is 10.8. The van der Waals surface area contributed by atoms with E-state index in [0.717, 1.165) is 16.8 Å². The number of H-pyrrole nitrogens is 1. The fraction of sp³-hybridized carbons (Fsp3) is 0.200. The molecule has 3 heterocycles. The van der Waals surface area contributed by atoms with Crippen molar-refractivity contribution in [2.45, 2.75) is 13.5 Å². The first-order valence-corrected chi connectivity index (χ1v) is 5.60. The summed E-state index contributed by atoms with van der Waals surface area (Å²) in [5.74, 6) is 6.95. The summed E-state index contributed by atoms with van der Waals surface area (Å²) in [6.45, 7) is 2.32. The molecule has 9 heteroatoms. The smallest absolute Gasteiger partial charge is 0.241 e. The summed E-state index contributed by atoms with van der Waals surface area (Å²) in [4.78, 5) is 8.37. The molecule has 0 aromatic carbocycles. The Balaban J connectivity index is 1.88. The molecule has 0 bridgehead atoms. The predicted octanol–water partition coefficient (Wildman–Crippen LogP) is 0.547. The van der Waals surface area contributed by atoms with Crippen molar-refractivity contribution >= 4 is 22.8 Å². The largest absolute Gasteiger partial charge is 0.362 e. The predicted molar refractivity (Wildman–Crippen MR) is 68.1 cm³/mol. The van der Waals surface area contributed by atoms with Crippen LogP contribution in [-0.2, 0) is 6.54 Å². The third-order valence-electron chi connectivity index (χ3n) is 2.55. The van der Waals surface area contributed by atoms with Gasteiger partial charge in [0.1, 0.15) is 5.82 Å². The molecule has 0 saturated carbocycles. The van der Waals surface area contributed by atoms with Crippen molar-refractivity contribution in [2.24, 2.45) is 5.84 Å². The summed E-state index contributed by atoms with van der Waals surface area (Å²) in [5.41, 5.74) is 3.83. The van der Waals surface area contributed by atoms with Crippen molar-refractivity contribution in [3.8, 4) is 0 Å². The Kier molecular flexibility index (Phi) is 2.72. The van der Waals surface area contributed by atoms with Gasteiger partial charge < -0.3 is 9.84 Å². The van der Waals surface area contributed by atoms with Gasteiger partial charge in [0, 0.05) is 6.07 Å². The number of hydrazine groups is 1. The minimum absolute atomic E-state index is 0.299. The molecule has 19 heavy (non-hydrogen) atoms. The Morgan fingerprint density at radius 3 is 3.05 bits per heavy atom. The van der Waals surface area contributed by atoms with E-state index in [0.29, 0.717) is 24.0 Å². The number of hydrogen-bond donors (Lipinski definition) is 4. The number of nitrogens with one attached hydrogen (secondary N) is 3. The zero-order valence-corrected chi connectivity index (χ0v) is 10.1. The molecular weight excluding hydrogens is 248 g/mol. The maximum atomic E-state index is 5.32. The second-order valence-corrected chi connectivity index (χ2v) is 3.96. The van der Waals surface area contributed by atoms with Crippen LogP contribution in [0.4, 0.5) is 11.8 Å². The van der Waals surface area contributed by atoms with Gasteiger partial charge in [0.25, 0.3) is 0 Å². The van der Waals surface area contributed by atoms with Crippen molar-refractivity contribution in [3.63, 3.8) is 0 Å². The van der Waals surface area contributed by atoms with Crippen LogP contribution in [0.5, 0.6) is 0 Å². The fourth-order valence-corrected chi connectivity index (χ4v) is 1.70. The van der Waals surface area contributed by atoms with E-state index < -0.39 is 0 Å². The van der Waals surface area contributed by atoms with Crippen molar-refractivity contribution in [1.82, 2.24) is 25.3 Å². The van der Waals surface area contributed by atoms with E-state index in [2.05, 4.69) is 36.1 Å². The van der Waals surface area contributed by atoms with Gasteiger partial charge >= 0.3 is 0 Å². The Bertz CT molecular complexity index is 702. The molecule has 3 aromatic heterocycles. The summed E-state index contributed by atoms with van der Waals surface area (Å²) in [6.07, 6.45) is 1.64. The molecule has 0 aliphatic rings. The summed E-state index contributed by atoms with van der Waals surface area (Å²) in [7, 11) is 0. The standard InChI is InChI=1S/C10H12N8O/c1-5-2-6(19-18-5)3-12-8-7-4-13-17-9(7)15-10(14-8)16-11/h2,4H,3,11H2,1H3,(H3,12,13,14,15,16,17). The molecule has 0 unspecified atom stereocenters. The first-order chi connectivity index (χ1) is 9.26. The van der Waals surface area contributed by atoms with Gasteiger partial charge in [-0.3, -0.25) is 10.5 Å². The quantitative estimate of drug-likeness (QED) is 0.395. The highest BCUT2D eigenvalue weighted by Crippen LogP contribution is 2.20. The number of nitrogens with zero attached hydrogens (tertiary/aromatic N) is 4. The molecule has 0 fully saturated rings. The monoisotopic (exact) mass is 260 g/mol. The highest BCUT2D eigenvalue weighted by molar-refractivity contribution is 5.86. The molecule has 0 radical (unpaired) electrons. The maximum absolute atomic E-state index is 5.32. The molecule has 9 nitrogen and oxygen atoms in total. The summed E-state index contributed by atoms with van der Waals surface area (Å²) in [6, 6.07) is 1.85. The first kappa shape index (κ1) is 11.4. The Labute approximate surface area is 107 Å². The Hall–Kier alpha value is -2.68. The van der Waals surface area contributed by atoms with Crippen molar-refractivity contribution in [3.05, 3.63) is 23.7 Å². The topological polar surface area (TPSA) is 131 Å². The van der Waals surface area contributed by atoms with E-state index in [4.69, 9.17) is 10.4 Å². The number of hydrogen-bond acceptors (Lipinski definition) is 8. The summed E-state index contributed by atoms with van der Waals surface area (Å²) >= 11 is 0. The van der Waals surface area contributed by atoms with Crippen LogP contribution < -0.4 is 16.6 Å².